The van der Waals surface area contributed by atoms with Gasteiger partial charge in [0.25, 0.3) is 0 Å². The van der Waals surface area contributed by atoms with Gasteiger partial charge >= 0.3 is 0 Å². The molecule has 0 radical (unpaired) electrons. The number of morpholine rings is 1. The maximum atomic E-state index is 9.09. The van der Waals surface area contributed by atoms with Gasteiger partial charge in [0.2, 0.25) is 5.95 Å². The SMILES string of the molecule is OCCNc1nc(N2CCOCC2)c2cnn(-c3ccccc3)c2n1. The van der Waals surface area contributed by atoms with Crippen molar-refractivity contribution in [3.8, 4) is 5.69 Å². The van der Waals surface area contributed by atoms with Crippen molar-refractivity contribution in [3.05, 3.63) is 36.5 Å². The molecule has 2 aromatic heterocycles. The number of anilines is 2. The molecule has 0 bridgehead atoms. The van der Waals surface area contributed by atoms with Crippen LogP contribution in [-0.4, -0.2) is 64.3 Å². The van der Waals surface area contributed by atoms with Crippen molar-refractivity contribution < 1.29 is 9.84 Å². The summed E-state index contributed by atoms with van der Waals surface area (Å²) in [5.41, 5.74) is 1.68. The molecule has 0 aliphatic carbocycles. The molecule has 25 heavy (non-hydrogen) atoms. The number of nitrogens with zero attached hydrogens (tertiary/aromatic N) is 5. The predicted octanol–water partition coefficient (Wildman–Crippen LogP) is 1.06. The molecule has 1 saturated heterocycles. The summed E-state index contributed by atoms with van der Waals surface area (Å²) in [7, 11) is 0. The Morgan fingerprint density at radius 3 is 2.68 bits per heavy atom. The number of ether oxygens (including phenoxy) is 1. The van der Waals surface area contributed by atoms with E-state index in [1.807, 2.05) is 41.2 Å². The number of aromatic nitrogens is 4. The summed E-state index contributed by atoms with van der Waals surface area (Å²) in [6, 6.07) is 9.89. The minimum absolute atomic E-state index is 0.0201. The normalized spacial score (nSPS) is 14.8. The maximum absolute atomic E-state index is 9.09. The zero-order chi connectivity index (χ0) is 17.1. The van der Waals surface area contributed by atoms with Crippen LogP contribution in [0.4, 0.5) is 11.8 Å². The molecule has 8 heteroatoms. The fraction of sp³-hybridized carbons (Fsp3) is 0.353. The summed E-state index contributed by atoms with van der Waals surface area (Å²) in [5, 5.41) is 17.6. The molecule has 0 atom stereocenters. The van der Waals surface area contributed by atoms with E-state index in [9.17, 15) is 0 Å². The number of hydrogen-bond donors (Lipinski definition) is 2. The van der Waals surface area contributed by atoms with Crippen LogP contribution in [0.25, 0.3) is 16.7 Å². The highest BCUT2D eigenvalue weighted by Crippen LogP contribution is 2.27. The smallest absolute Gasteiger partial charge is 0.226 e. The summed E-state index contributed by atoms with van der Waals surface area (Å²) in [6.45, 7) is 3.33. The van der Waals surface area contributed by atoms with Gasteiger partial charge in [-0.05, 0) is 12.1 Å². The van der Waals surface area contributed by atoms with Crippen LogP contribution in [0, 0.1) is 0 Å². The number of para-hydroxylation sites is 1. The summed E-state index contributed by atoms with van der Waals surface area (Å²) >= 11 is 0. The summed E-state index contributed by atoms with van der Waals surface area (Å²) in [4.78, 5) is 11.5. The van der Waals surface area contributed by atoms with Gasteiger partial charge in [0, 0.05) is 19.6 Å². The number of benzene rings is 1. The van der Waals surface area contributed by atoms with E-state index in [1.165, 1.54) is 0 Å². The largest absolute Gasteiger partial charge is 0.395 e. The first-order valence-corrected chi connectivity index (χ1v) is 8.35. The quantitative estimate of drug-likeness (QED) is 0.718. The van der Waals surface area contributed by atoms with Crippen LogP contribution in [0.1, 0.15) is 0 Å². The van der Waals surface area contributed by atoms with Gasteiger partial charge in [-0.2, -0.15) is 15.1 Å². The van der Waals surface area contributed by atoms with E-state index in [0.29, 0.717) is 25.7 Å². The van der Waals surface area contributed by atoms with Crippen LogP contribution < -0.4 is 10.2 Å². The van der Waals surface area contributed by atoms with E-state index >= 15 is 0 Å². The number of nitrogens with one attached hydrogen (secondary N) is 1. The Hall–Kier alpha value is -2.71. The van der Waals surface area contributed by atoms with Gasteiger partial charge in [-0.15, -0.1) is 0 Å². The monoisotopic (exact) mass is 340 g/mol. The molecule has 4 rings (SSSR count). The number of hydrogen-bond acceptors (Lipinski definition) is 7. The van der Waals surface area contributed by atoms with Crippen LogP contribution >= 0.6 is 0 Å². The Kier molecular flexibility index (Phi) is 4.45. The first-order valence-electron chi connectivity index (χ1n) is 8.35. The Bertz CT molecular complexity index is 845. The van der Waals surface area contributed by atoms with Crippen molar-refractivity contribution >= 4 is 22.8 Å². The molecule has 1 fully saturated rings. The lowest BCUT2D eigenvalue weighted by Crippen LogP contribution is -2.37. The molecule has 0 unspecified atom stereocenters. The minimum Gasteiger partial charge on any atom is -0.395 e. The second-order valence-corrected chi connectivity index (χ2v) is 5.75. The molecular weight excluding hydrogens is 320 g/mol. The second kappa shape index (κ2) is 7.04. The lowest BCUT2D eigenvalue weighted by Gasteiger charge is -2.28. The summed E-state index contributed by atoms with van der Waals surface area (Å²) < 4.78 is 7.26. The third kappa shape index (κ3) is 3.13. The van der Waals surface area contributed by atoms with Crippen molar-refractivity contribution in [2.75, 3.05) is 49.7 Å². The van der Waals surface area contributed by atoms with Gasteiger partial charge in [-0.3, -0.25) is 0 Å². The van der Waals surface area contributed by atoms with Crippen LogP contribution in [0.3, 0.4) is 0 Å². The van der Waals surface area contributed by atoms with Crippen molar-refractivity contribution in [3.63, 3.8) is 0 Å². The van der Waals surface area contributed by atoms with Crippen molar-refractivity contribution in [1.82, 2.24) is 19.7 Å². The second-order valence-electron chi connectivity index (χ2n) is 5.75. The third-order valence-corrected chi connectivity index (χ3v) is 4.11. The van der Waals surface area contributed by atoms with Gasteiger partial charge in [-0.1, -0.05) is 18.2 Å². The third-order valence-electron chi connectivity index (χ3n) is 4.11. The molecule has 3 aromatic rings. The lowest BCUT2D eigenvalue weighted by molar-refractivity contribution is 0.122. The summed E-state index contributed by atoms with van der Waals surface area (Å²) in [5.74, 6) is 1.33. The highest BCUT2D eigenvalue weighted by atomic mass is 16.5. The first-order chi connectivity index (χ1) is 12.4. The molecule has 0 saturated carbocycles. The van der Waals surface area contributed by atoms with Gasteiger partial charge < -0.3 is 20.1 Å². The summed E-state index contributed by atoms with van der Waals surface area (Å²) in [6.07, 6.45) is 1.81. The van der Waals surface area contributed by atoms with Crippen molar-refractivity contribution in [2.24, 2.45) is 0 Å². The number of aliphatic hydroxyl groups excluding tert-OH is 1. The van der Waals surface area contributed by atoms with Crippen molar-refractivity contribution in [1.29, 1.82) is 0 Å². The van der Waals surface area contributed by atoms with Crippen LogP contribution in [0.15, 0.2) is 36.5 Å². The molecule has 3 heterocycles. The zero-order valence-corrected chi connectivity index (χ0v) is 13.8. The molecule has 0 spiro atoms. The molecular formula is C17H20N6O2. The Labute approximate surface area is 145 Å². The molecule has 1 aliphatic rings. The van der Waals surface area contributed by atoms with E-state index in [-0.39, 0.29) is 6.61 Å². The molecule has 130 valence electrons. The Morgan fingerprint density at radius 2 is 1.92 bits per heavy atom. The van der Waals surface area contributed by atoms with Crippen molar-refractivity contribution in [2.45, 2.75) is 0 Å². The predicted molar refractivity (Wildman–Crippen MR) is 95.3 cm³/mol. The molecule has 0 amide bonds. The zero-order valence-electron chi connectivity index (χ0n) is 13.8. The van der Waals surface area contributed by atoms with Gasteiger partial charge in [0.15, 0.2) is 5.65 Å². The topological polar surface area (TPSA) is 88.3 Å². The highest BCUT2D eigenvalue weighted by molar-refractivity contribution is 5.89. The standard InChI is InChI=1S/C17H20N6O2/c24-9-6-18-17-20-15(22-7-10-25-11-8-22)14-12-19-23(16(14)21-17)13-4-2-1-3-5-13/h1-5,12,24H,6-11H2,(H,18,20,21). The van der Waals surface area contributed by atoms with Gasteiger partial charge in [-0.25, -0.2) is 4.68 Å². The molecule has 1 aliphatic heterocycles. The van der Waals surface area contributed by atoms with Gasteiger partial charge in [0.05, 0.1) is 37.1 Å². The maximum Gasteiger partial charge on any atom is 0.226 e. The highest BCUT2D eigenvalue weighted by Gasteiger charge is 2.20. The van der Waals surface area contributed by atoms with E-state index < -0.39 is 0 Å². The average molecular weight is 340 g/mol. The lowest BCUT2D eigenvalue weighted by atomic mass is 10.3. The van der Waals surface area contributed by atoms with E-state index in [2.05, 4.69) is 25.3 Å². The minimum atomic E-state index is 0.0201. The van der Waals surface area contributed by atoms with E-state index in [1.54, 1.807) is 0 Å². The van der Waals surface area contributed by atoms with Gasteiger partial charge in [0.1, 0.15) is 5.82 Å². The van der Waals surface area contributed by atoms with Crippen LogP contribution in [-0.2, 0) is 4.74 Å². The number of rotatable bonds is 5. The van der Waals surface area contributed by atoms with Crippen LogP contribution in [0.2, 0.25) is 0 Å². The van der Waals surface area contributed by atoms with Crippen LogP contribution in [0.5, 0.6) is 0 Å². The van der Waals surface area contributed by atoms with E-state index in [0.717, 1.165) is 35.6 Å². The Morgan fingerprint density at radius 1 is 1.12 bits per heavy atom. The first kappa shape index (κ1) is 15.8. The fourth-order valence-electron chi connectivity index (χ4n) is 2.91. The number of fused-ring (bicyclic) bond motifs is 1. The number of aliphatic hydroxyl groups is 1. The average Bonchev–Trinajstić information content (AvgIpc) is 3.11. The molecule has 1 aromatic carbocycles. The molecule has 2 N–H and O–H groups in total. The molecule has 8 nitrogen and oxygen atoms in total. The van der Waals surface area contributed by atoms with E-state index in [4.69, 9.17) is 9.84 Å². The fourth-order valence-corrected chi connectivity index (χ4v) is 2.91. The Balaban J connectivity index is 1.84.